The van der Waals surface area contributed by atoms with Crippen molar-refractivity contribution in [3.63, 3.8) is 0 Å². The summed E-state index contributed by atoms with van der Waals surface area (Å²) < 4.78 is 5.11. The Morgan fingerprint density at radius 2 is 2.18 bits per heavy atom. The van der Waals surface area contributed by atoms with Crippen LogP contribution in [0.2, 0.25) is 0 Å². The lowest BCUT2D eigenvalue weighted by molar-refractivity contribution is -0.164. The van der Waals surface area contributed by atoms with Crippen LogP contribution in [-0.2, 0) is 20.9 Å². The molecular formula is C21H21N3O4. The summed E-state index contributed by atoms with van der Waals surface area (Å²) in [5.41, 5.74) is 7.93. The lowest BCUT2D eigenvalue weighted by atomic mass is 9.95. The Hall–Kier alpha value is -3.19. The quantitative estimate of drug-likeness (QED) is 0.447. The molecule has 4 rings (SSSR count). The van der Waals surface area contributed by atoms with E-state index in [9.17, 15) is 14.7 Å². The summed E-state index contributed by atoms with van der Waals surface area (Å²) in [5, 5.41) is 11.5. The van der Waals surface area contributed by atoms with Crippen LogP contribution in [0.1, 0.15) is 31.0 Å². The number of rotatable bonds is 1. The number of esters is 1. The van der Waals surface area contributed by atoms with Crippen LogP contribution in [0.5, 0.6) is 0 Å². The van der Waals surface area contributed by atoms with Crippen molar-refractivity contribution in [1.82, 2.24) is 9.88 Å². The molecule has 3 heterocycles. The number of pyridine rings is 1. The van der Waals surface area contributed by atoms with Gasteiger partial charge in [-0.25, -0.2) is 9.78 Å². The molecule has 0 spiro atoms. The van der Waals surface area contributed by atoms with Crippen LogP contribution in [-0.4, -0.2) is 39.1 Å². The van der Waals surface area contributed by atoms with Crippen LogP contribution in [0.25, 0.3) is 16.6 Å². The maximum Gasteiger partial charge on any atom is 0.338 e. The van der Waals surface area contributed by atoms with Crippen LogP contribution < -0.4 is 5.73 Å². The topological polar surface area (TPSA) is 106 Å². The minimum atomic E-state index is -1.66. The number of carbonyl (C=O) groups excluding carboxylic acids is 2. The molecule has 1 aromatic heterocycles. The van der Waals surface area contributed by atoms with E-state index in [2.05, 4.69) is 6.58 Å². The molecule has 2 aliphatic heterocycles. The van der Waals surface area contributed by atoms with Crippen molar-refractivity contribution in [2.24, 2.45) is 0 Å². The van der Waals surface area contributed by atoms with Gasteiger partial charge in [-0.1, -0.05) is 25.6 Å². The third-order valence-electron chi connectivity index (χ3n) is 5.36. The Kier molecular flexibility index (Phi) is 4.19. The zero-order chi connectivity index (χ0) is 20.1. The fourth-order valence-corrected chi connectivity index (χ4v) is 3.55. The molecule has 144 valence electrons. The number of aromatic nitrogens is 1. The minimum absolute atomic E-state index is 0.0179. The Morgan fingerprint density at radius 3 is 2.93 bits per heavy atom. The summed E-state index contributed by atoms with van der Waals surface area (Å²) in [7, 11) is 0. The molecule has 0 saturated carbocycles. The highest BCUT2D eigenvalue weighted by molar-refractivity contribution is 6.01. The number of ether oxygens (including phenoxy) is 1. The molecule has 0 radical (unpaired) electrons. The number of benzene rings is 1. The standard InChI is InChI=1S/C21H21N3O4/c1-3-21(27)8-7-17-18-13(9-14-15(22)5-4-6-16(14)23-18)10-24(17)19(25)12(2)11-28-20(21)26/h4-7,9,27H,2-3,8,10-11,22H2,1H3/b17-7-/t21-/m0/s1. The van der Waals surface area contributed by atoms with Crippen molar-refractivity contribution in [2.75, 3.05) is 12.3 Å². The van der Waals surface area contributed by atoms with E-state index in [1.54, 1.807) is 24.0 Å². The molecule has 7 heteroatoms. The molecule has 1 atom stereocenters. The van der Waals surface area contributed by atoms with Gasteiger partial charge in [-0.05, 0) is 24.6 Å². The van der Waals surface area contributed by atoms with Crippen LogP contribution in [0.3, 0.4) is 0 Å². The van der Waals surface area contributed by atoms with E-state index in [-0.39, 0.29) is 30.9 Å². The lowest BCUT2D eigenvalue weighted by Gasteiger charge is -2.27. The van der Waals surface area contributed by atoms with Gasteiger partial charge in [0.1, 0.15) is 6.61 Å². The molecule has 0 fully saturated rings. The predicted molar refractivity (Wildman–Crippen MR) is 105 cm³/mol. The molecule has 28 heavy (non-hydrogen) atoms. The van der Waals surface area contributed by atoms with E-state index in [0.29, 0.717) is 23.6 Å². The second-order valence-electron chi connectivity index (χ2n) is 7.16. The van der Waals surface area contributed by atoms with E-state index >= 15 is 0 Å². The summed E-state index contributed by atoms with van der Waals surface area (Å²) in [6.45, 7) is 5.51. The van der Waals surface area contributed by atoms with E-state index in [1.165, 1.54) is 0 Å². The number of anilines is 1. The molecule has 3 N–H and O–H groups in total. The first kappa shape index (κ1) is 18.2. The van der Waals surface area contributed by atoms with Crippen molar-refractivity contribution in [3.8, 4) is 0 Å². The van der Waals surface area contributed by atoms with E-state index in [1.807, 2.05) is 18.2 Å². The van der Waals surface area contributed by atoms with Gasteiger partial charge in [0.2, 0.25) is 0 Å². The molecule has 0 bridgehead atoms. The summed E-state index contributed by atoms with van der Waals surface area (Å²) >= 11 is 0. The van der Waals surface area contributed by atoms with Gasteiger partial charge in [0.25, 0.3) is 5.91 Å². The van der Waals surface area contributed by atoms with Crippen molar-refractivity contribution < 1.29 is 19.4 Å². The van der Waals surface area contributed by atoms with Crippen LogP contribution >= 0.6 is 0 Å². The number of hydrogen-bond acceptors (Lipinski definition) is 6. The second-order valence-corrected chi connectivity index (χ2v) is 7.16. The van der Waals surface area contributed by atoms with E-state index in [0.717, 1.165) is 16.5 Å². The second kappa shape index (κ2) is 6.45. The van der Waals surface area contributed by atoms with Gasteiger partial charge < -0.3 is 20.5 Å². The van der Waals surface area contributed by atoms with Crippen LogP contribution in [0, 0.1) is 0 Å². The highest BCUT2D eigenvalue weighted by Gasteiger charge is 2.39. The average molecular weight is 379 g/mol. The number of aliphatic hydroxyl groups is 1. The predicted octanol–water partition coefficient (Wildman–Crippen LogP) is 2.14. The number of nitrogens with two attached hydrogens (primary N) is 1. The summed E-state index contributed by atoms with van der Waals surface area (Å²) in [5.74, 6) is -1.09. The molecule has 7 nitrogen and oxygen atoms in total. The van der Waals surface area contributed by atoms with Crippen LogP contribution in [0.15, 0.2) is 42.5 Å². The number of nitrogen functional groups attached to an aromatic ring is 1. The molecule has 0 unspecified atom stereocenters. The first-order valence-corrected chi connectivity index (χ1v) is 9.12. The third-order valence-corrected chi connectivity index (χ3v) is 5.36. The fraction of sp³-hybridized carbons (Fsp3) is 0.286. The maximum absolute atomic E-state index is 12.9. The molecular weight excluding hydrogens is 358 g/mol. The number of hydrogen-bond donors (Lipinski definition) is 2. The zero-order valence-corrected chi connectivity index (χ0v) is 15.6. The van der Waals surface area contributed by atoms with E-state index in [4.69, 9.17) is 15.5 Å². The Bertz CT molecular complexity index is 1060. The maximum atomic E-state index is 12.9. The van der Waals surface area contributed by atoms with Crippen LogP contribution in [0.4, 0.5) is 5.69 Å². The first-order chi connectivity index (χ1) is 13.3. The number of carbonyl (C=O) groups is 2. The Morgan fingerprint density at radius 1 is 1.39 bits per heavy atom. The molecule has 2 aliphatic rings. The normalized spacial score (nSPS) is 24.4. The first-order valence-electron chi connectivity index (χ1n) is 9.12. The SMILES string of the molecule is C=C1COC(=O)[C@](O)(CC)C/C=C2/c3nc4cccc(N)c4cc3CN2C1=O. The van der Waals surface area contributed by atoms with Crippen molar-refractivity contribution in [1.29, 1.82) is 0 Å². The number of fused-ring (bicyclic) bond motifs is 4. The molecule has 1 aromatic carbocycles. The van der Waals surface area contributed by atoms with Gasteiger partial charge in [-0.3, -0.25) is 4.79 Å². The fourth-order valence-electron chi connectivity index (χ4n) is 3.55. The van der Waals surface area contributed by atoms with Crippen molar-refractivity contribution in [2.45, 2.75) is 31.9 Å². The molecule has 2 aromatic rings. The molecule has 0 aliphatic carbocycles. The molecule has 1 amide bonds. The van der Waals surface area contributed by atoms with Gasteiger partial charge in [-0.15, -0.1) is 0 Å². The van der Waals surface area contributed by atoms with Gasteiger partial charge in [-0.2, -0.15) is 0 Å². The highest BCUT2D eigenvalue weighted by Crippen LogP contribution is 2.37. The van der Waals surface area contributed by atoms with Gasteiger partial charge in [0.05, 0.1) is 23.5 Å². The van der Waals surface area contributed by atoms with Crippen molar-refractivity contribution >= 4 is 34.2 Å². The lowest BCUT2D eigenvalue weighted by Crippen LogP contribution is -2.41. The number of amides is 1. The average Bonchev–Trinajstić information content (AvgIpc) is 3.05. The van der Waals surface area contributed by atoms with E-state index < -0.39 is 11.6 Å². The Labute approximate surface area is 162 Å². The number of nitrogens with zero attached hydrogens (tertiary/aromatic N) is 2. The zero-order valence-electron chi connectivity index (χ0n) is 15.6. The monoisotopic (exact) mass is 379 g/mol. The highest BCUT2D eigenvalue weighted by atomic mass is 16.5. The third kappa shape index (κ3) is 2.75. The van der Waals surface area contributed by atoms with Gasteiger partial charge in [0.15, 0.2) is 5.60 Å². The minimum Gasteiger partial charge on any atom is -0.458 e. The summed E-state index contributed by atoms with van der Waals surface area (Å²) in [4.78, 5) is 31.4. The number of cyclic esters (lactones) is 1. The van der Waals surface area contributed by atoms with Gasteiger partial charge in [0, 0.05) is 28.6 Å². The smallest absolute Gasteiger partial charge is 0.338 e. The molecule has 0 saturated heterocycles. The van der Waals surface area contributed by atoms with Crippen molar-refractivity contribution in [3.05, 3.63) is 53.8 Å². The largest absolute Gasteiger partial charge is 0.458 e. The Balaban J connectivity index is 1.88. The summed E-state index contributed by atoms with van der Waals surface area (Å²) in [6.07, 6.45) is 1.88. The van der Waals surface area contributed by atoms with Gasteiger partial charge >= 0.3 is 5.97 Å². The summed E-state index contributed by atoms with van der Waals surface area (Å²) in [6, 6.07) is 7.42.